The van der Waals surface area contributed by atoms with Gasteiger partial charge in [-0.15, -0.1) is 23.1 Å². The van der Waals surface area contributed by atoms with E-state index in [1.54, 1.807) is 23.6 Å². The van der Waals surface area contributed by atoms with Crippen molar-refractivity contribution in [3.63, 3.8) is 0 Å². The maximum Gasteiger partial charge on any atom is 0.264 e. The van der Waals surface area contributed by atoms with Crippen LogP contribution < -0.4 is 5.56 Å². The van der Waals surface area contributed by atoms with Crippen LogP contribution in [0, 0.1) is 20.8 Å². The van der Waals surface area contributed by atoms with Crippen molar-refractivity contribution in [2.75, 3.05) is 13.1 Å². The normalized spacial score (nSPS) is 16.9. The minimum atomic E-state index is -0.479. The van der Waals surface area contributed by atoms with Crippen molar-refractivity contribution in [1.29, 1.82) is 0 Å². The number of rotatable bonds is 4. The average molecular weight is 444 g/mol. The first kappa shape index (κ1) is 21.1. The zero-order valence-electron chi connectivity index (χ0n) is 17.3. The van der Waals surface area contributed by atoms with Gasteiger partial charge in [0.15, 0.2) is 0 Å². The molecule has 0 saturated carbocycles. The van der Waals surface area contributed by atoms with E-state index in [1.807, 2.05) is 0 Å². The zero-order valence-corrected chi connectivity index (χ0v) is 19.0. The molecule has 1 unspecified atom stereocenters. The number of H-pyrrole nitrogens is 1. The molecule has 0 bridgehead atoms. The van der Waals surface area contributed by atoms with E-state index < -0.39 is 6.10 Å². The fourth-order valence-corrected chi connectivity index (χ4v) is 5.92. The van der Waals surface area contributed by atoms with Crippen LogP contribution in [0.4, 0.5) is 0 Å². The van der Waals surface area contributed by atoms with Gasteiger partial charge in [-0.3, -0.25) is 9.59 Å². The van der Waals surface area contributed by atoms with Crippen molar-refractivity contribution in [2.45, 2.75) is 50.4 Å². The first-order chi connectivity index (χ1) is 14.3. The first-order valence-electron chi connectivity index (χ1n) is 10.0. The van der Waals surface area contributed by atoms with E-state index in [0.717, 1.165) is 12.8 Å². The summed E-state index contributed by atoms with van der Waals surface area (Å²) in [5.74, 6) is 1.03. The second-order valence-electron chi connectivity index (χ2n) is 7.85. The van der Waals surface area contributed by atoms with E-state index in [9.17, 15) is 14.7 Å². The molecule has 30 heavy (non-hydrogen) atoms. The molecule has 6 nitrogen and oxygen atoms in total. The molecule has 0 radical (unpaired) electrons. The van der Waals surface area contributed by atoms with Gasteiger partial charge >= 0.3 is 0 Å². The number of β-amino-alcohol motifs (C(OH)–C–C–N with tert-alkyl or cyclic N) is 1. The van der Waals surface area contributed by atoms with E-state index in [2.05, 4.69) is 42.0 Å². The van der Waals surface area contributed by atoms with Crippen LogP contribution >= 0.6 is 23.1 Å². The van der Waals surface area contributed by atoms with Crippen molar-refractivity contribution < 1.29 is 9.90 Å². The second-order valence-corrected chi connectivity index (χ2v) is 9.87. The van der Waals surface area contributed by atoms with Crippen molar-refractivity contribution in [2.24, 2.45) is 0 Å². The molecule has 3 heterocycles. The van der Waals surface area contributed by atoms with Gasteiger partial charge in [-0.2, -0.15) is 0 Å². The summed E-state index contributed by atoms with van der Waals surface area (Å²) in [6, 6.07) is 6.31. The van der Waals surface area contributed by atoms with Crippen molar-refractivity contribution in [3.05, 3.63) is 55.9 Å². The molecule has 2 aromatic heterocycles. The number of fused-ring (bicyclic) bond motifs is 1. The Bertz CT molecular complexity index is 1170. The number of amides is 1. The predicted octanol–water partition coefficient (Wildman–Crippen LogP) is 3.80. The molecular weight excluding hydrogens is 418 g/mol. The molecule has 1 aliphatic rings. The topological polar surface area (TPSA) is 86.3 Å². The summed E-state index contributed by atoms with van der Waals surface area (Å²) in [7, 11) is 0. The molecule has 1 aliphatic heterocycles. The zero-order chi connectivity index (χ0) is 21.4. The maximum absolute atomic E-state index is 13.0. The number of thiophene rings is 1. The molecule has 1 fully saturated rings. The molecule has 3 aromatic rings. The largest absolute Gasteiger partial charge is 0.391 e. The summed E-state index contributed by atoms with van der Waals surface area (Å²) in [6.45, 7) is 6.90. The number of aliphatic hydroxyl groups excluding tert-OH is 1. The van der Waals surface area contributed by atoms with Gasteiger partial charge in [-0.1, -0.05) is 17.7 Å². The Kier molecular flexibility index (Phi) is 5.99. The summed E-state index contributed by atoms with van der Waals surface area (Å²) < 4.78 is 0. The highest BCUT2D eigenvalue weighted by atomic mass is 32.2. The highest BCUT2D eigenvalue weighted by molar-refractivity contribution is 7.98. The SMILES string of the molecule is Cc1ccc(C)c(SCc2nc3sc(C(=O)N4CCCC(O)C4)c(C)c3c(=O)[nH]2)c1. The standard InChI is InChI=1S/C22H25N3O3S2/c1-12-6-7-13(2)16(9-12)29-11-17-23-20(27)18-14(3)19(30-21(18)24-17)22(28)25-8-4-5-15(26)10-25/h6-7,9,15,26H,4-5,8,10-11H2,1-3H3,(H,23,24,27). The number of hydrogen-bond acceptors (Lipinski definition) is 6. The molecule has 4 rings (SSSR count). The Balaban J connectivity index is 1.61. The quantitative estimate of drug-likeness (QED) is 0.599. The Morgan fingerprint density at radius 2 is 2.17 bits per heavy atom. The van der Waals surface area contributed by atoms with E-state index in [1.165, 1.54) is 27.4 Å². The molecule has 0 spiro atoms. The van der Waals surface area contributed by atoms with E-state index in [0.29, 0.717) is 45.3 Å². The van der Waals surface area contributed by atoms with Gasteiger partial charge in [0.2, 0.25) is 0 Å². The number of nitrogens with zero attached hydrogens (tertiary/aromatic N) is 2. The predicted molar refractivity (Wildman–Crippen MR) is 122 cm³/mol. The lowest BCUT2D eigenvalue weighted by atomic mass is 10.1. The molecule has 0 aliphatic carbocycles. The van der Waals surface area contributed by atoms with E-state index in [-0.39, 0.29) is 11.5 Å². The van der Waals surface area contributed by atoms with Gasteiger partial charge in [0, 0.05) is 18.0 Å². The molecule has 1 saturated heterocycles. The lowest BCUT2D eigenvalue weighted by Gasteiger charge is -2.29. The van der Waals surface area contributed by atoms with E-state index >= 15 is 0 Å². The minimum Gasteiger partial charge on any atom is -0.391 e. The lowest BCUT2D eigenvalue weighted by molar-refractivity contribution is 0.0477. The van der Waals surface area contributed by atoms with Gasteiger partial charge in [-0.05, 0) is 50.8 Å². The highest BCUT2D eigenvalue weighted by Gasteiger charge is 2.27. The number of piperidine rings is 1. The fraction of sp³-hybridized carbons (Fsp3) is 0.409. The second kappa shape index (κ2) is 8.53. The number of aliphatic hydroxyl groups is 1. The summed E-state index contributed by atoms with van der Waals surface area (Å²) in [6.07, 6.45) is 1.03. The summed E-state index contributed by atoms with van der Waals surface area (Å²) in [4.78, 5) is 37.3. The van der Waals surface area contributed by atoms with Crippen LogP contribution in [-0.2, 0) is 5.75 Å². The Hall–Kier alpha value is -2.16. The average Bonchev–Trinajstić information content (AvgIpc) is 3.05. The van der Waals surface area contributed by atoms with Crippen molar-refractivity contribution in [3.8, 4) is 0 Å². The number of hydrogen-bond donors (Lipinski definition) is 2. The Morgan fingerprint density at radius 1 is 1.37 bits per heavy atom. The third-order valence-electron chi connectivity index (χ3n) is 5.44. The molecule has 1 amide bonds. The van der Waals surface area contributed by atoms with Gasteiger partial charge in [0.1, 0.15) is 10.7 Å². The van der Waals surface area contributed by atoms with Crippen LogP contribution in [0.5, 0.6) is 0 Å². The summed E-state index contributed by atoms with van der Waals surface area (Å²) >= 11 is 2.91. The van der Waals surface area contributed by atoms with E-state index in [4.69, 9.17) is 0 Å². The van der Waals surface area contributed by atoms with Gasteiger partial charge in [0.05, 0.1) is 22.1 Å². The fourth-order valence-electron chi connectivity index (χ4n) is 3.75. The van der Waals surface area contributed by atoms with Crippen LogP contribution in [0.3, 0.4) is 0 Å². The molecule has 1 atom stereocenters. The Morgan fingerprint density at radius 3 is 2.93 bits per heavy atom. The molecule has 2 N–H and O–H groups in total. The number of nitrogens with one attached hydrogen (secondary N) is 1. The summed E-state index contributed by atoms with van der Waals surface area (Å²) in [5.41, 5.74) is 2.85. The lowest BCUT2D eigenvalue weighted by Crippen LogP contribution is -2.42. The number of likely N-dealkylation sites (tertiary alicyclic amines) is 1. The Labute approximate surface area is 183 Å². The smallest absolute Gasteiger partial charge is 0.264 e. The summed E-state index contributed by atoms with van der Waals surface area (Å²) in [5, 5.41) is 10.4. The van der Waals surface area contributed by atoms with Crippen LogP contribution in [0.2, 0.25) is 0 Å². The highest BCUT2D eigenvalue weighted by Crippen LogP contribution is 2.30. The van der Waals surface area contributed by atoms with Crippen LogP contribution in [-0.4, -0.2) is 45.1 Å². The number of carbonyl (C=O) groups excluding carboxylic acids is 1. The third kappa shape index (κ3) is 4.17. The number of aromatic nitrogens is 2. The molecule has 8 heteroatoms. The monoisotopic (exact) mass is 443 g/mol. The minimum absolute atomic E-state index is 0.125. The van der Waals surface area contributed by atoms with Gasteiger partial charge < -0.3 is 15.0 Å². The maximum atomic E-state index is 13.0. The molecular formula is C22H25N3O3S2. The van der Waals surface area contributed by atoms with Gasteiger partial charge in [-0.25, -0.2) is 4.98 Å². The molecule has 1 aromatic carbocycles. The number of thioether (sulfide) groups is 1. The number of benzene rings is 1. The van der Waals surface area contributed by atoms with Crippen molar-refractivity contribution >= 4 is 39.2 Å². The third-order valence-corrected chi connectivity index (χ3v) is 7.78. The number of aryl methyl sites for hydroxylation is 3. The number of carbonyl (C=O) groups is 1. The van der Waals surface area contributed by atoms with Crippen LogP contribution in [0.1, 0.15) is 45.0 Å². The van der Waals surface area contributed by atoms with Crippen LogP contribution in [0.25, 0.3) is 10.2 Å². The number of aromatic amines is 1. The van der Waals surface area contributed by atoms with Crippen LogP contribution in [0.15, 0.2) is 27.9 Å². The first-order valence-corrected chi connectivity index (χ1v) is 11.8. The van der Waals surface area contributed by atoms with Crippen molar-refractivity contribution in [1.82, 2.24) is 14.9 Å². The van der Waals surface area contributed by atoms with Gasteiger partial charge in [0.25, 0.3) is 11.5 Å². The molecule has 158 valence electrons.